The molecule has 1 fully saturated rings. The molecule has 0 unspecified atom stereocenters. The Hall–Kier alpha value is -3.65. The van der Waals surface area contributed by atoms with Crippen LogP contribution in [0.3, 0.4) is 0 Å². The number of furan rings is 1. The normalized spacial score (nSPS) is 15.1. The first kappa shape index (κ1) is 19.7. The van der Waals surface area contributed by atoms with Gasteiger partial charge in [0, 0.05) is 17.3 Å². The molecule has 1 aromatic heterocycles. The molecule has 0 spiro atoms. The van der Waals surface area contributed by atoms with Crippen molar-refractivity contribution >= 4 is 40.6 Å². The van der Waals surface area contributed by atoms with Crippen LogP contribution in [0.1, 0.15) is 5.76 Å². The Morgan fingerprint density at radius 1 is 1.03 bits per heavy atom. The highest BCUT2D eigenvalue weighted by Crippen LogP contribution is 2.33. The molecule has 3 aromatic rings. The number of halogens is 1. The number of carbonyl (C=O) groups excluding carboxylic acids is 3. The van der Waals surface area contributed by atoms with E-state index in [-0.39, 0.29) is 4.91 Å². The Morgan fingerprint density at radius 2 is 1.77 bits per heavy atom. The zero-order valence-corrected chi connectivity index (χ0v) is 16.3. The Labute approximate surface area is 175 Å². The molecule has 0 atom stereocenters. The van der Waals surface area contributed by atoms with E-state index in [1.807, 2.05) is 30.3 Å². The van der Waals surface area contributed by atoms with E-state index in [0.717, 1.165) is 22.2 Å². The molecule has 30 heavy (non-hydrogen) atoms. The molecule has 8 heteroatoms. The van der Waals surface area contributed by atoms with E-state index in [0.29, 0.717) is 17.2 Å². The van der Waals surface area contributed by atoms with Crippen LogP contribution in [-0.4, -0.2) is 28.5 Å². The van der Waals surface area contributed by atoms with Crippen molar-refractivity contribution in [2.75, 3.05) is 11.9 Å². The van der Waals surface area contributed by atoms with Crippen LogP contribution in [0, 0.1) is 5.82 Å². The monoisotopic (exact) mass is 422 g/mol. The van der Waals surface area contributed by atoms with Crippen LogP contribution in [0.2, 0.25) is 0 Å². The van der Waals surface area contributed by atoms with Gasteiger partial charge >= 0.3 is 0 Å². The summed E-state index contributed by atoms with van der Waals surface area (Å²) in [5.41, 5.74) is 1.26. The number of rotatable bonds is 5. The lowest BCUT2D eigenvalue weighted by Gasteiger charge is -2.12. The van der Waals surface area contributed by atoms with E-state index >= 15 is 0 Å². The topological polar surface area (TPSA) is 79.6 Å². The van der Waals surface area contributed by atoms with Gasteiger partial charge < -0.3 is 9.73 Å². The second-order valence-corrected chi connectivity index (χ2v) is 7.38. The van der Waals surface area contributed by atoms with Crippen molar-refractivity contribution in [2.24, 2.45) is 0 Å². The fourth-order valence-corrected chi connectivity index (χ4v) is 3.65. The summed E-state index contributed by atoms with van der Waals surface area (Å²) < 4.78 is 18.7. The lowest BCUT2D eigenvalue weighted by Crippen LogP contribution is -2.36. The minimum atomic E-state index is -0.572. The van der Waals surface area contributed by atoms with Crippen LogP contribution in [0.4, 0.5) is 14.9 Å². The number of anilines is 1. The van der Waals surface area contributed by atoms with Gasteiger partial charge in [-0.15, -0.1) is 0 Å². The fraction of sp³-hybridized carbons (Fsp3) is 0.0455. The number of nitrogens with zero attached hydrogens (tertiary/aromatic N) is 1. The second kappa shape index (κ2) is 8.38. The molecule has 1 saturated heterocycles. The van der Waals surface area contributed by atoms with Gasteiger partial charge in [-0.1, -0.05) is 30.3 Å². The fourth-order valence-electron chi connectivity index (χ4n) is 2.83. The highest BCUT2D eigenvalue weighted by Gasteiger charge is 2.36. The maximum Gasteiger partial charge on any atom is 0.294 e. The number of nitrogens with one attached hydrogen (secondary N) is 1. The first-order valence-electron chi connectivity index (χ1n) is 8.95. The summed E-state index contributed by atoms with van der Waals surface area (Å²) in [5.74, 6) is -0.501. The van der Waals surface area contributed by atoms with Gasteiger partial charge in [0.1, 0.15) is 23.9 Å². The zero-order chi connectivity index (χ0) is 21.1. The van der Waals surface area contributed by atoms with Crippen molar-refractivity contribution in [3.63, 3.8) is 0 Å². The molecule has 1 aliphatic heterocycles. The smallest absolute Gasteiger partial charge is 0.294 e. The molecule has 6 nitrogen and oxygen atoms in total. The van der Waals surface area contributed by atoms with Gasteiger partial charge in [0.05, 0.1) is 4.91 Å². The average Bonchev–Trinajstić information content (AvgIpc) is 3.31. The van der Waals surface area contributed by atoms with E-state index < -0.39 is 29.4 Å². The molecule has 4 rings (SSSR count). The highest BCUT2D eigenvalue weighted by atomic mass is 32.2. The summed E-state index contributed by atoms with van der Waals surface area (Å²) in [6.45, 7) is -0.438. The third kappa shape index (κ3) is 4.33. The van der Waals surface area contributed by atoms with Crippen LogP contribution >= 0.6 is 11.8 Å². The van der Waals surface area contributed by atoms with Gasteiger partial charge in [0.2, 0.25) is 5.91 Å². The van der Waals surface area contributed by atoms with Crippen molar-refractivity contribution in [2.45, 2.75) is 0 Å². The minimum absolute atomic E-state index is 0.170. The number of thioether (sulfide) groups is 1. The molecular weight excluding hydrogens is 407 g/mol. The Bertz CT molecular complexity index is 1140. The predicted molar refractivity (Wildman–Crippen MR) is 112 cm³/mol. The summed E-state index contributed by atoms with van der Waals surface area (Å²) in [6.07, 6.45) is 1.48. The minimum Gasteiger partial charge on any atom is -0.457 e. The maximum atomic E-state index is 12.9. The van der Waals surface area contributed by atoms with Crippen LogP contribution in [-0.2, 0) is 9.59 Å². The Kier molecular flexibility index (Phi) is 5.49. The lowest BCUT2D eigenvalue weighted by molar-refractivity contribution is -0.127. The molecule has 2 aromatic carbocycles. The Balaban J connectivity index is 1.44. The number of hydrogen-bond acceptors (Lipinski definition) is 5. The number of hydrogen-bond donors (Lipinski definition) is 1. The second-order valence-electron chi connectivity index (χ2n) is 6.39. The molecule has 1 N–H and O–H groups in total. The molecule has 0 radical (unpaired) electrons. The van der Waals surface area contributed by atoms with Crippen molar-refractivity contribution < 1.29 is 23.2 Å². The number of carbonyl (C=O) groups is 3. The number of imide groups is 1. The van der Waals surface area contributed by atoms with Crippen LogP contribution in [0.5, 0.6) is 0 Å². The zero-order valence-electron chi connectivity index (χ0n) is 15.5. The molecule has 1 aliphatic rings. The molecule has 0 aliphatic carbocycles. The summed E-state index contributed by atoms with van der Waals surface area (Å²) in [6, 6.07) is 18.1. The lowest BCUT2D eigenvalue weighted by atomic mass is 10.2. The SMILES string of the molecule is O=C(CN1C(=O)S/C(=C\c2ccc(-c3ccccc3)o2)C1=O)Nc1ccc(F)cc1. The van der Waals surface area contributed by atoms with Crippen LogP contribution < -0.4 is 5.32 Å². The first-order valence-corrected chi connectivity index (χ1v) is 9.77. The summed E-state index contributed by atoms with van der Waals surface area (Å²) in [4.78, 5) is 38.0. The van der Waals surface area contributed by atoms with E-state index in [1.165, 1.54) is 30.3 Å². The molecule has 2 heterocycles. The number of amides is 3. The van der Waals surface area contributed by atoms with Crippen molar-refractivity contribution in [1.82, 2.24) is 4.90 Å². The third-order valence-corrected chi connectivity index (χ3v) is 5.17. The van der Waals surface area contributed by atoms with Gasteiger partial charge in [-0.3, -0.25) is 19.3 Å². The summed E-state index contributed by atoms with van der Waals surface area (Å²) >= 11 is 0.741. The van der Waals surface area contributed by atoms with Gasteiger partial charge in [-0.25, -0.2) is 4.39 Å². The highest BCUT2D eigenvalue weighted by molar-refractivity contribution is 8.18. The molecule has 3 amide bonds. The van der Waals surface area contributed by atoms with E-state index in [9.17, 15) is 18.8 Å². The van der Waals surface area contributed by atoms with Gasteiger partial charge in [-0.05, 0) is 48.2 Å². The Morgan fingerprint density at radius 3 is 2.50 bits per heavy atom. The standard InChI is InChI=1S/C22H15FN2O4S/c23-15-6-8-16(9-7-15)24-20(26)13-25-21(27)19(30-22(25)28)12-17-10-11-18(29-17)14-4-2-1-3-5-14/h1-12H,13H2,(H,24,26)/b19-12-. The predicted octanol–water partition coefficient (Wildman–Crippen LogP) is 4.76. The average molecular weight is 422 g/mol. The van der Waals surface area contributed by atoms with E-state index in [1.54, 1.807) is 12.1 Å². The summed E-state index contributed by atoms with van der Waals surface area (Å²) in [5, 5.41) is 1.98. The largest absolute Gasteiger partial charge is 0.457 e. The summed E-state index contributed by atoms with van der Waals surface area (Å²) in [7, 11) is 0. The number of benzene rings is 2. The molecular formula is C22H15FN2O4S. The van der Waals surface area contributed by atoms with Crippen LogP contribution in [0.15, 0.2) is 76.1 Å². The van der Waals surface area contributed by atoms with E-state index in [4.69, 9.17) is 4.42 Å². The van der Waals surface area contributed by atoms with Crippen molar-refractivity contribution in [1.29, 1.82) is 0 Å². The van der Waals surface area contributed by atoms with Crippen molar-refractivity contribution in [3.05, 3.63) is 83.2 Å². The molecule has 150 valence electrons. The third-order valence-electron chi connectivity index (χ3n) is 4.26. The van der Waals surface area contributed by atoms with Gasteiger partial charge in [-0.2, -0.15) is 0 Å². The molecule has 0 saturated carbocycles. The van der Waals surface area contributed by atoms with Gasteiger partial charge in [0.25, 0.3) is 11.1 Å². The quantitative estimate of drug-likeness (QED) is 0.600. The first-order chi connectivity index (χ1) is 14.5. The van der Waals surface area contributed by atoms with E-state index in [2.05, 4.69) is 5.32 Å². The van der Waals surface area contributed by atoms with Crippen molar-refractivity contribution in [3.8, 4) is 11.3 Å². The molecule has 0 bridgehead atoms. The maximum absolute atomic E-state index is 12.9. The van der Waals surface area contributed by atoms with Gasteiger partial charge in [0.15, 0.2) is 0 Å². The van der Waals surface area contributed by atoms with Crippen LogP contribution in [0.25, 0.3) is 17.4 Å².